The van der Waals surface area contributed by atoms with Crippen LogP contribution in [0, 0.1) is 5.92 Å². The van der Waals surface area contributed by atoms with Gasteiger partial charge in [0.25, 0.3) is 0 Å². The summed E-state index contributed by atoms with van der Waals surface area (Å²) in [4.78, 5) is 25.3. The predicted molar refractivity (Wildman–Crippen MR) is 111 cm³/mol. The fraction of sp³-hybridized carbons (Fsp3) is 0.688. The Hall–Kier alpha value is -0.860. The zero-order chi connectivity index (χ0) is 15.9. The molecule has 2 saturated heterocycles. The lowest BCUT2D eigenvalue weighted by atomic mass is 9.99. The van der Waals surface area contributed by atoms with Crippen molar-refractivity contribution in [3.05, 3.63) is 18.5 Å². The van der Waals surface area contributed by atoms with Crippen molar-refractivity contribution in [1.29, 1.82) is 0 Å². The fourth-order valence-corrected chi connectivity index (χ4v) is 3.18. The molecule has 0 aliphatic carbocycles. The van der Waals surface area contributed by atoms with Crippen molar-refractivity contribution < 1.29 is 4.79 Å². The average Bonchev–Trinajstić information content (AvgIpc) is 2.64. The van der Waals surface area contributed by atoms with Gasteiger partial charge in [-0.25, -0.2) is 9.97 Å². The quantitative estimate of drug-likeness (QED) is 0.730. The van der Waals surface area contributed by atoms with E-state index < -0.39 is 0 Å². The molecule has 1 unspecified atom stereocenters. The molecule has 3 heterocycles. The van der Waals surface area contributed by atoms with Crippen molar-refractivity contribution in [3.8, 4) is 0 Å². The number of anilines is 1. The van der Waals surface area contributed by atoms with E-state index in [4.69, 9.17) is 0 Å². The number of nitrogens with one attached hydrogen (secondary N) is 2. The Bertz CT molecular complexity index is 496. The molecule has 2 fully saturated rings. The fourth-order valence-electron chi connectivity index (χ4n) is 3.18. The first-order chi connectivity index (χ1) is 11.3. The molecule has 2 aliphatic rings. The number of carbonyl (C=O) groups is 1. The van der Waals surface area contributed by atoms with Gasteiger partial charge in [-0.1, -0.05) is 0 Å². The van der Waals surface area contributed by atoms with E-state index >= 15 is 0 Å². The van der Waals surface area contributed by atoms with E-state index in [-0.39, 0.29) is 49.0 Å². The molecule has 2 aliphatic heterocycles. The molecule has 1 amide bonds. The predicted octanol–water partition coefficient (Wildman–Crippen LogP) is 0.980. The molecule has 1 aromatic heterocycles. The first-order valence-corrected chi connectivity index (χ1v) is 8.55. The number of piperazine rings is 1. The van der Waals surface area contributed by atoms with Gasteiger partial charge in [0.2, 0.25) is 11.9 Å². The second-order valence-corrected chi connectivity index (χ2v) is 6.21. The van der Waals surface area contributed by atoms with Gasteiger partial charge >= 0.3 is 0 Å². The number of nitrogens with zero attached hydrogens (tertiary/aromatic N) is 4. The van der Waals surface area contributed by atoms with Crippen LogP contribution >= 0.6 is 37.2 Å². The molecule has 7 nitrogen and oxygen atoms in total. The number of hydrogen-bond acceptors (Lipinski definition) is 6. The van der Waals surface area contributed by atoms with Gasteiger partial charge in [0.05, 0.1) is 5.92 Å². The van der Waals surface area contributed by atoms with Crippen molar-refractivity contribution >= 4 is 49.1 Å². The largest absolute Gasteiger partial charge is 0.355 e. The van der Waals surface area contributed by atoms with Crippen LogP contribution in [0.15, 0.2) is 18.5 Å². The number of amides is 1. The minimum absolute atomic E-state index is 0. The molecular formula is C16H29Cl3N6O. The minimum Gasteiger partial charge on any atom is -0.355 e. The Labute approximate surface area is 173 Å². The van der Waals surface area contributed by atoms with Crippen LogP contribution in [-0.2, 0) is 4.79 Å². The highest BCUT2D eigenvalue weighted by molar-refractivity contribution is 5.86. The molecule has 1 aromatic rings. The maximum atomic E-state index is 12.1. The molecule has 150 valence electrons. The normalized spacial score (nSPS) is 20.2. The summed E-state index contributed by atoms with van der Waals surface area (Å²) in [6.45, 7) is 7.35. The van der Waals surface area contributed by atoms with Crippen molar-refractivity contribution in [1.82, 2.24) is 25.5 Å². The van der Waals surface area contributed by atoms with Gasteiger partial charge in [0.15, 0.2) is 0 Å². The van der Waals surface area contributed by atoms with Gasteiger partial charge in [0, 0.05) is 58.2 Å². The summed E-state index contributed by atoms with van der Waals surface area (Å²) in [6.07, 6.45) is 5.67. The molecule has 3 rings (SSSR count). The average molecular weight is 428 g/mol. The Morgan fingerprint density at radius 1 is 1.15 bits per heavy atom. The van der Waals surface area contributed by atoms with Crippen molar-refractivity contribution in [2.75, 3.05) is 57.3 Å². The summed E-state index contributed by atoms with van der Waals surface area (Å²) < 4.78 is 0. The molecule has 1 atom stereocenters. The Balaban J connectivity index is 0.00000208. The highest BCUT2D eigenvalue weighted by atomic mass is 35.5. The van der Waals surface area contributed by atoms with Gasteiger partial charge in [-0.15, -0.1) is 37.2 Å². The highest BCUT2D eigenvalue weighted by Crippen LogP contribution is 2.10. The topological polar surface area (TPSA) is 73.4 Å². The lowest BCUT2D eigenvalue weighted by molar-refractivity contribution is -0.125. The maximum Gasteiger partial charge on any atom is 0.225 e. The van der Waals surface area contributed by atoms with Crippen LogP contribution in [-0.4, -0.2) is 73.1 Å². The molecule has 0 spiro atoms. The molecule has 10 heteroatoms. The van der Waals surface area contributed by atoms with E-state index in [0.717, 1.165) is 71.1 Å². The van der Waals surface area contributed by atoms with Crippen LogP contribution < -0.4 is 15.5 Å². The van der Waals surface area contributed by atoms with Gasteiger partial charge in [-0.05, 0) is 25.5 Å². The number of hydrogen-bond donors (Lipinski definition) is 2. The summed E-state index contributed by atoms with van der Waals surface area (Å²) in [7, 11) is 0. The van der Waals surface area contributed by atoms with Crippen LogP contribution in [0.1, 0.15) is 12.8 Å². The summed E-state index contributed by atoms with van der Waals surface area (Å²) in [6, 6.07) is 1.84. The summed E-state index contributed by atoms with van der Waals surface area (Å²) in [5.74, 6) is 1.16. The Kier molecular flexibility index (Phi) is 12.9. The zero-order valence-electron chi connectivity index (χ0n) is 14.8. The van der Waals surface area contributed by atoms with Crippen LogP contribution in [0.5, 0.6) is 0 Å². The van der Waals surface area contributed by atoms with Gasteiger partial charge < -0.3 is 15.5 Å². The lowest BCUT2D eigenvalue weighted by Gasteiger charge is -2.34. The second-order valence-electron chi connectivity index (χ2n) is 6.21. The van der Waals surface area contributed by atoms with E-state index in [2.05, 4.69) is 30.4 Å². The number of halogens is 3. The van der Waals surface area contributed by atoms with Crippen molar-refractivity contribution in [2.45, 2.75) is 12.8 Å². The molecule has 0 saturated carbocycles. The van der Waals surface area contributed by atoms with Crippen LogP contribution in [0.25, 0.3) is 0 Å². The Morgan fingerprint density at radius 3 is 2.46 bits per heavy atom. The van der Waals surface area contributed by atoms with Gasteiger partial charge in [0.1, 0.15) is 0 Å². The van der Waals surface area contributed by atoms with Crippen LogP contribution in [0.2, 0.25) is 0 Å². The number of piperidine rings is 1. The summed E-state index contributed by atoms with van der Waals surface area (Å²) in [5, 5.41) is 6.37. The third-order valence-electron chi connectivity index (χ3n) is 4.60. The number of carbonyl (C=O) groups excluding carboxylic acids is 1. The van der Waals surface area contributed by atoms with E-state index in [1.807, 2.05) is 6.07 Å². The monoisotopic (exact) mass is 426 g/mol. The number of aromatic nitrogens is 2. The summed E-state index contributed by atoms with van der Waals surface area (Å²) in [5.41, 5.74) is 0. The zero-order valence-corrected chi connectivity index (χ0v) is 17.3. The van der Waals surface area contributed by atoms with E-state index in [1.54, 1.807) is 12.4 Å². The molecule has 26 heavy (non-hydrogen) atoms. The van der Waals surface area contributed by atoms with E-state index in [0.29, 0.717) is 0 Å². The van der Waals surface area contributed by atoms with Crippen molar-refractivity contribution in [2.24, 2.45) is 5.92 Å². The van der Waals surface area contributed by atoms with Gasteiger partial charge in [-0.3, -0.25) is 9.69 Å². The first-order valence-electron chi connectivity index (χ1n) is 8.55. The highest BCUT2D eigenvalue weighted by Gasteiger charge is 2.21. The molecule has 0 aromatic carbocycles. The van der Waals surface area contributed by atoms with Gasteiger partial charge in [-0.2, -0.15) is 0 Å². The maximum absolute atomic E-state index is 12.1. The van der Waals surface area contributed by atoms with Crippen LogP contribution in [0.3, 0.4) is 0 Å². The van der Waals surface area contributed by atoms with Crippen molar-refractivity contribution in [3.63, 3.8) is 0 Å². The smallest absolute Gasteiger partial charge is 0.225 e. The molecule has 0 radical (unpaired) electrons. The third-order valence-corrected chi connectivity index (χ3v) is 4.60. The van der Waals surface area contributed by atoms with E-state index in [1.165, 1.54) is 0 Å². The second kappa shape index (κ2) is 13.3. The summed E-state index contributed by atoms with van der Waals surface area (Å²) >= 11 is 0. The standard InChI is InChI=1S/C16H26N6O.3ClH/c23-15(14-3-1-4-17-13-14)18-7-8-21-9-11-22(12-10-21)16-19-5-2-6-20-16;;;/h2,5-6,14,17H,1,3-4,7-13H2,(H,18,23);3*1H. The molecule has 2 N–H and O–H groups in total. The minimum atomic E-state index is 0. The number of rotatable bonds is 5. The third kappa shape index (κ3) is 7.40. The first kappa shape index (κ1) is 25.1. The SMILES string of the molecule is Cl.Cl.Cl.O=C(NCCN1CCN(c2ncccn2)CC1)C1CCCNC1. The lowest BCUT2D eigenvalue weighted by Crippen LogP contribution is -2.49. The van der Waals surface area contributed by atoms with E-state index in [9.17, 15) is 4.79 Å². The van der Waals surface area contributed by atoms with Crippen LogP contribution in [0.4, 0.5) is 5.95 Å². The Morgan fingerprint density at radius 2 is 1.85 bits per heavy atom. The molecular weight excluding hydrogens is 399 g/mol. The molecule has 0 bridgehead atoms.